The zero-order chi connectivity index (χ0) is 22.9. The molecule has 3 aromatic rings. The lowest BCUT2D eigenvalue weighted by Gasteiger charge is -2.34. The van der Waals surface area contributed by atoms with Crippen LogP contribution < -0.4 is 10.2 Å². The monoisotopic (exact) mass is 484 g/mol. The number of hydrogen-bond donors (Lipinski definition) is 1. The van der Waals surface area contributed by atoms with Crippen molar-refractivity contribution in [2.24, 2.45) is 5.92 Å². The molecule has 0 radical (unpaired) electrons. The summed E-state index contributed by atoms with van der Waals surface area (Å²) in [6.45, 7) is 3.79. The third-order valence-electron chi connectivity index (χ3n) is 7.23. The number of halogens is 2. The van der Waals surface area contributed by atoms with Gasteiger partial charge in [0.1, 0.15) is 0 Å². The second-order valence-corrected chi connectivity index (χ2v) is 10.2. The maximum atomic E-state index is 12.8. The normalized spacial score (nSPS) is 18.7. The zero-order valence-electron chi connectivity index (χ0n) is 18.9. The van der Waals surface area contributed by atoms with Crippen LogP contribution in [0.5, 0.6) is 0 Å². The summed E-state index contributed by atoms with van der Waals surface area (Å²) in [4.78, 5) is 20.1. The van der Waals surface area contributed by atoms with Crippen LogP contribution in [-0.4, -0.2) is 34.6 Å². The molecule has 5 rings (SSSR count). The first-order valence-electron chi connectivity index (χ1n) is 12.0. The molecule has 1 N–H and O–H groups in total. The summed E-state index contributed by atoms with van der Waals surface area (Å²) < 4.78 is 2.26. The number of aromatic nitrogens is 2. The highest BCUT2D eigenvalue weighted by Crippen LogP contribution is 2.36. The Hall–Kier alpha value is -2.24. The van der Waals surface area contributed by atoms with Crippen LogP contribution in [0.25, 0.3) is 11.0 Å². The van der Waals surface area contributed by atoms with E-state index in [1.165, 1.54) is 18.4 Å². The van der Waals surface area contributed by atoms with Crippen molar-refractivity contribution in [1.82, 2.24) is 14.9 Å². The van der Waals surface area contributed by atoms with Gasteiger partial charge >= 0.3 is 0 Å². The minimum Gasteiger partial charge on any atom is -0.353 e. The Morgan fingerprint density at radius 3 is 2.39 bits per heavy atom. The molecule has 2 aromatic carbocycles. The third kappa shape index (κ3) is 4.58. The number of amides is 1. The van der Waals surface area contributed by atoms with Crippen molar-refractivity contribution < 1.29 is 4.79 Å². The predicted octanol–water partition coefficient (Wildman–Crippen LogP) is 6.23. The molecule has 7 heteroatoms. The Labute approximate surface area is 205 Å². The number of rotatable bonds is 5. The molecule has 174 valence electrons. The van der Waals surface area contributed by atoms with Gasteiger partial charge in [-0.15, -0.1) is 0 Å². The molecule has 1 amide bonds. The number of fused-ring (bicyclic) bond motifs is 1. The first kappa shape index (κ1) is 22.5. The summed E-state index contributed by atoms with van der Waals surface area (Å²) >= 11 is 12.7. The molecule has 1 saturated heterocycles. The smallest absolute Gasteiger partial charge is 0.223 e. The Morgan fingerprint density at radius 2 is 1.70 bits per heavy atom. The summed E-state index contributed by atoms with van der Waals surface area (Å²) in [5, 5.41) is 4.32. The molecule has 33 heavy (non-hydrogen) atoms. The van der Waals surface area contributed by atoms with E-state index in [9.17, 15) is 4.79 Å². The van der Waals surface area contributed by atoms with Crippen molar-refractivity contribution in [1.29, 1.82) is 0 Å². The largest absolute Gasteiger partial charge is 0.353 e. The van der Waals surface area contributed by atoms with Gasteiger partial charge in [-0.25, -0.2) is 4.98 Å². The van der Waals surface area contributed by atoms with Gasteiger partial charge in [0.05, 0.1) is 27.1 Å². The van der Waals surface area contributed by atoms with Gasteiger partial charge in [-0.1, -0.05) is 66.4 Å². The molecule has 5 nitrogen and oxygen atoms in total. The minimum atomic E-state index is 0.0758. The van der Waals surface area contributed by atoms with Gasteiger partial charge in [0.15, 0.2) is 0 Å². The molecule has 1 aliphatic heterocycles. The van der Waals surface area contributed by atoms with Crippen LogP contribution in [0.1, 0.15) is 57.1 Å². The second kappa shape index (κ2) is 9.55. The van der Waals surface area contributed by atoms with Gasteiger partial charge in [-0.3, -0.25) is 4.79 Å². The SMILES string of the molecule is CC(c1ccccc1)n1c(N2CCC(C(=O)NC3CCCC3)CC2)nc2cc(Cl)c(Cl)cc21. The van der Waals surface area contributed by atoms with E-state index >= 15 is 0 Å². The van der Waals surface area contributed by atoms with Crippen molar-refractivity contribution in [3.05, 3.63) is 58.1 Å². The maximum Gasteiger partial charge on any atom is 0.223 e. The fourth-order valence-corrected chi connectivity index (χ4v) is 5.61. The first-order valence-corrected chi connectivity index (χ1v) is 12.7. The van der Waals surface area contributed by atoms with Gasteiger partial charge in [0, 0.05) is 25.0 Å². The average Bonchev–Trinajstić information content (AvgIpc) is 3.47. The van der Waals surface area contributed by atoms with Crippen molar-refractivity contribution in [2.45, 2.75) is 57.5 Å². The number of imidazole rings is 1. The fourth-order valence-electron chi connectivity index (χ4n) is 5.29. The molecule has 2 fully saturated rings. The topological polar surface area (TPSA) is 50.2 Å². The Morgan fingerprint density at radius 1 is 1.03 bits per heavy atom. The Balaban J connectivity index is 1.41. The number of anilines is 1. The number of carbonyl (C=O) groups is 1. The zero-order valence-corrected chi connectivity index (χ0v) is 20.4. The molecule has 1 aromatic heterocycles. The minimum absolute atomic E-state index is 0.0758. The van der Waals surface area contributed by atoms with E-state index in [0.717, 1.165) is 55.8 Å². The molecule has 2 aliphatic rings. The first-order chi connectivity index (χ1) is 16.0. The van der Waals surface area contributed by atoms with Gasteiger partial charge in [0.2, 0.25) is 11.9 Å². The van der Waals surface area contributed by atoms with E-state index in [1.807, 2.05) is 18.2 Å². The quantitative estimate of drug-likeness (QED) is 0.466. The van der Waals surface area contributed by atoms with Crippen LogP contribution in [-0.2, 0) is 4.79 Å². The van der Waals surface area contributed by atoms with E-state index in [1.54, 1.807) is 0 Å². The van der Waals surface area contributed by atoms with Gasteiger partial charge < -0.3 is 14.8 Å². The van der Waals surface area contributed by atoms with E-state index < -0.39 is 0 Å². The fraction of sp³-hybridized carbons (Fsp3) is 0.462. The van der Waals surface area contributed by atoms with Gasteiger partial charge in [0.25, 0.3) is 0 Å². The number of nitrogens with one attached hydrogen (secondary N) is 1. The van der Waals surface area contributed by atoms with E-state index in [-0.39, 0.29) is 17.9 Å². The van der Waals surface area contributed by atoms with Crippen molar-refractivity contribution in [3.63, 3.8) is 0 Å². The average molecular weight is 485 g/mol. The van der Waals surface area contributed by atoms with Crippen LogP contribution in [0, 0.1) is 5.92 Å². The van der Waals surface area contributed by atoms with Crippen molar-refractivity contribution >= 4 is 46.1 Å². The van der Waals surface area contributed by atoms with Gasteiger partial charge in [-0.2, -0.15) is 0 Å². The number of piperidine rings is 1. The molecule has 2 heterocycles. The molecule has 1 unspecified atom stereocenters. The van der Waals surface area contributed by atoms with Crippen LogP contribution >= 0.6 is 23.2 Å². The van der Waals surface area contributed by atoms with Crippen molar-refractivity contribution in [3.8, 4) is 0 Å². The van der Waals surface area contributed by atoms with Crippen molar-refractivity contribution in [2.75, 3.05) is 18.0 Å². The van der Waals surface area contributed by atoms with E-state index in [2.05, 4.69) is 46.0 Å². The standard InChI is InChI=1S/C26H30Cl2N4O/c1-17(18-7-3-2-4-8-18)32-24-16-22(28)21(27)15-23(24)30-26(32)31-13-11-19(12-14-31)25(33)29-20-9-5-6-10-20/h2-4,7-8,15-17,19-20H,5-6,9-14H2,1H3,(H,29,33). The summed E-state index contributed by atoms with van der Waals surface area (Å²) in [5.41, 5.74) is 3.01. The Bertz CT molecular complexity index is 1130. The van der Waals surface area contributed by atoms with E-state index in [4.69, 9.17) is 28.2 Å². The second-order valence-electron chi connectivity index (χ2n) is 9.37. The lowest BCUT2D eigenvalue weighted by molar-refractivity contribution is -0.126. The highest BCUT2D eigenvalue weighted by Gasteiger charge is 2.30. The molecule has 1 atom stereocenters. The summed E-state index contributed by atoms with van der Waals surface area (Å²) in [6.07, 6.45) is 6.38. The molecule has 1 aliphatic carbocycles. The molecule has 0 spiro atoms. The molecular formula is C26H30Cl2N4O. The number of nitrogens with zero attached hydrogens (tertiary/aromatic N) is 3. The summed E-state index contributed by atoms with van der Waals surface area (Å²) in [5.74, 6) is 1.22. The van der Waals surface area contributed by atoms with Crippen LogP contribution in [0.15, 0.2) is 42.5 Å². The lowest BCUT2D eigenvalue weighted by atomic mass is 9.95. The van der Waals surface area contributed by atoms with E-state index in [0.29, 0.717) is 16.1 Å². The third-order valence-corrected chi connectivity index (χ3v) is 7.95. The predicted molar refractivity (Wildman–Crippen MR) is 135 cm³/mol. The molecular weight excluding hydrogens is 455 g/mol. The maximum absolute atomic E-state index is 12.8. The highest BCUT2D eigenvalue weighted by atomic mass is 35.5. The molecule has 0 bridgehead atoms. The van der Waals surface area contributed by atoms with Crippen LogP contribution in [0.3, 0.4) is 0 Å². The number of hydrogen-bond acceptors (Lipinski definition) is 3. The van der Waals surface area contributed by atoms with Crippen LogP contribution in [0.2, 0.25) is 10.0 Å². The highest BCUT2D eigenvalue weighted by molar-refractivity contribution is 6.42. The lowest BCUT2D eigenvalue weighted by Crippen LogP contribution is -2.44. The van der Waals surface area contributed by atoms with Crippen LogP contribution in [0.4, 0.5) is 5.95 Å². The summed E-state index contributed by atoms with van der Waals surface area (Å²) in [7, 11) is 0. The number of carbonyl (C=O) groups excluding carboxylic acids is 1. The molecule has 1 saturated carbocycles. The summed E-state index contributed by atoms with van der Waals surface area (Å²) in [6, 6.07) is 14.6. The Kier molecular flexibility index (Phi) is 6.53. The number of benzene rings is 2. The van der Waals surface area contributed by atoms with Gasteiger partial charge in [-0.05, 0) is 50.3 Å².